The number of methoxy groups -OCH3 is 1. The van der Waals surface area contributed by atoms with Crippen LogP contribution in [0.25, 0.3) is 0 Å². The molecular weight excluding hydrogens is 240 g/mol. The second kappa shape index (κ2) is 5.72. The Kier molecular flexibility index (Phi) is 4.22. The van der Waals surface area contributed by atoms with Crippen molar-refractivity contribution in [1.82, 2.24) is 4.90 Å². The van der Waals surface area contributed by atoms with E-state index >= 15 is 0 Å². The Bertz CT molecular complexity index is 435. The molecule has 1 saturated heterocycles. The smallest absolute Gasteiger partial charge is 0.244 e. The summed E-state index contributed by atoms with van der Waals surface area (Å²) in [5, 5.41) is 0. The van der Waals surface area contributed by atoms with Gasteiger partial charge in [-0.1, -0.05) is 30.3 Å². The summed E-state index contributed by atoms with van der Waals surface area (Å²) in [5.41, 5.74) is 6.68. The second-order valence-corrected chi connectivity index (χ2v) is 5.41. The minimum Gasteiger partial charge on any atom is -0.377 e. The molecule has 0 radical (unpaired) electrons. The van der Waals surface area contributed by atoms with E-state index in [1.165, 1.54) is 0 Å². The average molecular weight is 262 g/mol. The fraction of sp³-hybridized carbons (Fsp3) is 0.533. The lowest BCUT2D eigenvalue weighted by molar-refractivity contribution is -0.140. The Balaban J connectivity index is 2.07. The summed E-state index contributed by atoms with van der Waals surface area (Å²) in [5.74, 6) is -0.0193. The van der Waals surface area contributed by atoms with E-state index in [1.807, 2.05) is 42.2 Å². The maximum absolute atomic E-state index is 12.4. The van der Waals surface area contributed by atoms with Gasteiger partial charge in [0.2, 0.25) is 5.91 Å². The highest BCUT2D eigenvalue weighted by Gasteiger charge is 2.34. The van der Waals surface area contributed by atoms with Crippen LogP contribution in [0, 0.1) is 0 Å². The van der Waals surface area contributed by atoms with E-state index in [2.05, 4.69) is 0 Å². The van der Waals surface area contributed by atoms with Crippen molar-refractivity contribution in [2.45, 2.75) is 31.4 Å². The van der Waals surface area contributed by atoms with Gasteiger partial charge in [-0.2, -0.15) is 0 Å². The summed E-state index contributed by atoms with van der Waals surface area (Å²) >= 11 is 0. The van der Waals surface area contributed by atoms with Gasteiger partial charge in [0, 0.05) is 20.2 Å². The van der Waals surface area contributed by atoms with Crippen LogP contribution in [-0.2, 0) is 9.53 Å². The number of amides is 1. The molecule has 104 valence electrons. The third-order valence-corrected chi connectivity index (χ3v) is 3.89. The minimum atomic E-state index is -0.583. The lowest BCUT2D eigenvalue weighted by Crippen LogP contribution is -2.51. The SMILES string of the molecule is COC1(C)CCCN(C(=O)[C@@H](N)c2ccccc2)C1. The summed E-state index contributed by atoms with van der Waals surface area (Å²) in [6.45, 7) is 3.42. The molecule has 1 fully saturated rings. The van der Waals surface area contributed by atoms with Gasteiger partial charge < -0.3 is 15.4 Å². The predicted octanol–water partition coefficient (Wildman–Crippen LogP) is 1.71. The maximum atomic E-state index is 12.4. The van der Waals surface area contributed by atoms with Crippen LogP contribution < -0.4 is 5.73 Å². The number of carbonyl (C=O) groups excluding carboxylic acids is 1. The van der Waals surface area contributed by atoms with Crippen LogP contribution in [-0.4, -0.2) is 36.6 Å². The van der Waals surface area contributed by atoms with Gasteiger partial charge in [0.05, 0.1) is 5.60 Å². The minimum absolute atomic E-state index is 0.0193. The summed E-state index contributed by atoms with van der Waals surface area (Å²) in [4.78, 5) is 14.3. The largest absolute Gasteiger partial charge is 0.377 e. The van der Waals surface area contributed by atoms with Crippen LogP contribution in [0.15, 0.2) is 30.3 Å². The van der Waals surface area contributed by atoms with Crippen molar-refractivity contribution in [3.8, 4) is 0 Å². The van der Waals surface area contributed by atoms with Crippen LogP contribution in [0.1, 0.15) is 31.4 Å². The summed E-state index contributed by atoms with van der Waals surface area (Å²) < 4.78 is 5.51. The Morgan fingerprint density at radius 3 is 2.74 bits per heavy atom. The van der Waals surface area contributed by atoms with Gasteiger partial charge in [0.15, 0.2) is 0 Å². The summed E-state index contributed by atoms with van der Waals surface area (Å²) in [6.07, 6.45) is 1.94. The molecule has 1 aliphatic heterocycles. The highest BCUT2D eigenvalue weighted by molar-refractivity contribution is 5.83. The molecule has 0 spiro atoms. The van der Waals surface area contributed by atoms with Crippen LogP contribution in [0.5, 0.6) is 0 Å². The molecule has 1 unspecified atom stereocenters. The van der Waals surface area contributed by atoms with Crippen molar-refractivity contribution < 1.29 is 9.53 Å². The lowest BCUT2D eigenvalue weighted by Gasteiger charge is -2.40. The van der Waals surface area contributed by atoms with Crippen molar-refractivity contribution in [2.24, 2.45) is 5.73 Å². The Hall–Kier alpha value is -1.39. The molecule has 0 bridgehead atoms. The molecular formula is C15H22N2O2. The molecule has 19 heavy (non-hydrogen) atoms. The van der Waals surface area contributed by atoms with Crippen LogP contribution in [0.4, 0.5) is 0 Å². The van der Waals surface area contributed by atoms with Gasteiger partial charge in [0.1, 0.15) is 6.04 Å². The number of benzene rings is 1. The summed E-state index contributed by atoms with van der Waals surface area (Å²) in [7, 11) is 1.70. The van der Waals surface area contributed by atoms with E-state index in [-0.39, 0.29) is 11.5 Å². The Morgan fingerprint density at radius 1 is 1.42 bits per heavy atom. The van der Waals surface area contributed by atoms with Gasteiger partial charge in [-0.3, -0.25) is 4.79 Å². The van der Waals surface area contributed by atoms with Gasteiger partial charge in [0.25, 0.3) is 0 Å². The number of piperidine rings is 1. The van der Waals surface area contributed by atoms with E-state index in [1.54, 1.807) is 7.11 Å². The fourth-order valence-corrected chi connectivity index (χ4v) is 2.56. The van der Waals surface area contributed by atoms with Gasteiger partial charge in [-0.05, 0) is 25.3 Å². The van der Waals surface area contributed by atoms with E-state index in [4.69, 9.17) is 10.5 Å². The van der Waals surface area contributed by atoms with E-state index < -0.39 is 6.04 Å². The first-order chi connectivity index (χ1) is 9.06. The number of nitrogens with zero attached hydrogens (tertiary/aromatic N) is 1. The van der Waals surface area contributed by atoms with Gasteiger partial charge in [-0.25, -0.2) is 0 Å². The fourth-order valence-electron chi connectivity index (χ4n) is 2.56. The standard InChI is InChI=1S/C15H22N2O2/c1-15(19-2)9-6-10-17(11-15)14(18)13(16)12-7-4-3-5-8-12/h3-5,7-8,13H,6,9-11,16H2,1-2H3/t13-,15?/m0/s1. The van der Waals surface area contributed by atoms with E-state index in [0.717, 1.165) is 24.9 Å². The van der Waals surface area contributed by atoms with E-state index in [9.17, 15) is 4.79 Å². The number of carbonyl (C=O) groups is 1. The van der Waals surface area contributed by atoms with Crippen molar-refractivity contribution in [3.05, 3.63) is 35.9 Å². The van der Waals surface area contributed by atoms with Crippen LogP contribution in [0.3, 0.4) is 0 Å². The first kappa shape index (κ1) is 14.0. The normalized spacial score (nSPS) is 25.1. The van der Waals surface area contributed by atoms with E-state index in [0.29, 0.717) is 6.54 Å². The number of rotatable bonds is 3. The maximum Gasteiger partial charge on any atom is 0.244 e. The second-order valence-electron chi connectivity index (χ2n) is 5.41. The van der Waals surface area contributed by atoms with Crippen LogP contribution >= 0.6 is 0 Å². The zero-order chi connectivity index (χ0) is 13.9. The quantitative estimate of drug-likeness (QED) is 0.902. The number of ether oxygens (including phenoxy) is 1. The third-order valence-electron chi connectivity index (χ3n) is 3.89. The Morgan fingerprint density at radius 2 is 2.11 bits per heavy atom. The molecule has 0 saturated carbocycles. The first-order valence-electron chi connectivity index (χ1n) is 6.70. The monoisotopic (exact) mass is 262 g/mol. The molecule has 0 aliphatic carbocycles. The van der Waals surface area contributed by atoms with Crippen molar-refractivity contribution >= 4 is 5.91 Å². The highest BCUT2D eigenvalue weighted by atomic mass is 16.5. The van der Waals surface area contributed by atoms with Crippen molar-refractivity contribution in [3.63, 3.8) is 0 Å². The molecule has 1 aromatic rings. The van der Waals surface area contributed by atoms with Gasteiger partial charge in [-0.15, -0.1) is 0 Å². The molecule has 2 N–H and O–H groups in total. The lowest BCUT2D eigenvalue weighted by atomic mass is 9.93. The zero-order valence-corrected chi connectivity index (χ0v) is 11.6. The predicted molar refractivity (Wildman–Crippen MR) is 74.6 cm³/mol. The highest BCUT2D eigenvalue weighted by Crippen LogP contribution is 2.25. The topological polar surface area (TPSA) is 55.6 Å². The van der Waals surface area contributed by atoms with Crippen molar-refractivity contribution in [2.75, 3.05) is 20.2 Å². The average Bonchev–Trinajstić information content (AvgIpc) is 2.46. The third kappa shape index (κ3) is 3.14. The molecule has 1 heterocycles. The molecule has 2 atom stereocenters. The number of nitrogens with two attached hydrogens (primary N) is 1. The number of hydrogen-bond acceptors (Lipinski definition) is 3. The number of likely N-dealkylation sites (tertiary alicyclic amines) is 1. The molecule has 4 heteroatoms. The molecule has 2 rings (SSSR count). The first-order valence-corrected chi connectivity index (χ1v) is 6.70. The summed E-state index contributed by atoms with van der Waals surface area (Å²) in [6, 6.07) is 8.92. The molecule has 0 aromatic heterocycles. The molecule has 1 amide bonds. The zero-order valence-electron chi connectivity index (χ0n) is 11.6. The number of hydrogen-bond donors (Lipinski definition) is 1. The molecule has 1 aromatic carbocycles. The van der Waals surface area contributed by atoms with Crippen molar-refractivity contribution in [1.29, 1.82) is 0 Å². The molecule has 1 aliphatic rings. The Labute approximate surface area is 114 Å². The van der Waals surface area contributed by atoms with Gasteiger partial charge >= 0.3 is 0 Å². The molecule has 4 nitrogen and oxygen atoms in total. The van der Waals surface area contributed by atoms with Crippen LogP contribution in [0.2, 0.25) is 0 Å².